The first-order valence-electron chi connectivity index (χ1n) is 7.36. The largest absolute Gasteiger partial charge is 0.0622 e. The van der Waals surface area contributed by atoms with E-state index in [1.54, 1.807) is 19.3 Å². The Hall–Kier alpha value is 0. The van der Waals surface area contributed by atoms with Crippen LogP contribution in [0.5, 0.6) is 0 Å². The highest BCUT2D eigenvalue weighted by molar-refractivity contribution is 5.30. The molecule has 11 atom stereocenters. The zero-order valence-electron chi connectivity index (χ0n) is 9.47. The summed E-state index contributed by atoms with van der Waals surface area (Å²) in [6.07, 6.45) is 4.95. The van der Waals surface area contributed by atoms with E-state index in [0.29, 0.717) is 0 Å². The number of hydrogen-bond donors (Lipinski definition) is 0. The van der Waals surface area contributed by atoms with Crippen LogP contribution in [0.15, 0.2) is 0 Å². The standard InChI is InChI=1S/C15H20/c1-5-2-6-3-7(5)11-10(6)12-8-4-9-14(12)15(9)13(8)11/h5-15H,2-4H2,1H3. The second-order valence-electron chi connectivity index (χ2n) is 7.90. The molecule has 0 aromatic carbocycles. The van der Waals surface area contributed by atoms with Crippen LogP contribution in [0.1, 0.15) is 26.2 Å². The maximum absolute atomic E-state index is 2.56. The van der Waals surface area contributed by atoms with Gasteiger partial charge in [-0.05, 0) is 84.4 Å². The third kappa shape index (κ3) is 0.524. The molecule has 0 heterocycles. The fourth-order valence-electron chi connectivity index (χ4n) is 8.26. The molecule has 0 nitrogen and oxygen atoms in total. The molecule has 0 aromatic rings. The third-order valence-electron chi connectivity index (χ3n) is 8.07. The van der Waals surface area contributed by atoms with Crippen LogP contribution in [0.2, 0.25) is 0 Å². The van der Waals surface area contributed by atoms with Crippen LogP contribution in [0.4, 0.5) is 0 Å². The van der Waals surface area contributed by atoms with Gasteiger partial charge in [0.25, 0.3) is 0 Å². The summed E-state index contributed by atoms with van der Waals surface area (Å²) in [7, 11) is 0. The molecular formula is C15H20. The number of hydrogen-bond acceptors (Lipinski definition) is 0. The minimum Gasteiger partial charge on any atom is -0.0622 e. The van der Waals surface area contributed by atoms with Crippen LogP contribution >= 0.6 is 0 Å². The summed E-state index contributed by atoms with van der Waals surface area (Å²) in [6.45, 7) is 2.56. The molecule has 15 heavy (non-hydrogen) atoms. The predicted octanol–water partition coefficient (Wildman–Crippen LogP) is 3.04. The summed E-state index contributed by atoms with van der Waals surface area (Å²) in [5.41, 5.74) is 0. The van der Waals surface area contributed by atoms with Crippen molar-refractivity contribution in [2.45, 2.75) is 26.2 Å². The highest BCUT2D eigenvalue weighted by atomic mass is 14.9. The molecule has 80 valence electrons. The van der Waals surface area contributed by atoms with Gasteiger partial charge in [-0.3, -0.25) is 0 Å². The van der Waals surface area contributed by atoms with E-state index < -0.39 is 0 Å². The van der Waals surface area contributed by atoms with E-state index in [2.05, 4.69) is 6.92 Å². The first-order chi connectivity index (χ1) is 7.36. The topological polar surface area (TPSA) is 0 Å². The molecule has 7 saturated carbocycles. The quantitative estimate of drug-likeness (QED) is 0.564. The molecule has 0 heteroatoms. The highest BCUT2D eigenvalue weighted by Gasteiger charge is 2.82. The third-order valence-corrected chi connectivity index (χ3v) is 8.07. The molecule has 0 aromatic heterocycles. The summed E-state index contributed by atoms with van der Waals surface area (Å²) in [4.78, 5) is 0. The fraction of sp³-hybridized carbons (Fsp3) is 1.00. The zero-order chi connectivity index (χ0) is 9.47. The lowest BCUT2D eigenvalue weighted by Crippen LogP contribution is -2.32. The van der Waals surface area contributed by atoms with Crippen molar-refractivity contribution in [1.82, 2.24) is 0 Å². The van der Waals surface area contributed by atoms with Gasteiger partial charge < -0.3 is 0 Å². The van der Waals surface area contributed by atoms with Crippen molar-refractivity contribution < 1.29 is 0 Å². The van der Waals surface area contributed by atoms with Gasteiger partial charge in [-0.25, -0.2) is 0 Å². The van der Waals surface area contributed by atoms with Gasteiger partial charge in [0.1, 0.15) is 0 Å². The molecule has 7 fully saturated rings. The van der Waals surface area contributed by atoms with Crippen molar-refractivity contribution in [3.63, 3.8) is 0 Å². The Morgan fingerprint density at radius 3 is 1.87 bits per heavy atom. The second kappa shape index (κ2) is 1.83. The van der Waals surface area contributed by atoms with Crippen LogP contribution < -0.4 is 0 Å². The molecule has 7 aliphatic carbocycles. The Morgan fingerprint density at radius 2 is 1.20 bits per heavy atom. The summed E-state index contributed by atoms with van der Waals surface area (Å²) in [6, 6.07) is 0. The maximum Gasteiger partial charge on any atom is -0.0315 e. The highest BCUT2D eigenvalue weighted by Crippen LogP contribution is 2.87. The molecule has 0 radical (unpaired) electrons. The Balaban J connectivity index is 1.55. The zero-order valence-corrected chi connectivity index (χ0v) is 9.47. The molecule has 0 aliphatic heterocycles. The second-order valence-corrected chi connectivity index (χ2v) is 7.90. The van der Waals surface area contributed by atoms with Gasteiger partial charge >= 0.3 is 0 Å². The van der Waals surface area contributed by atoms with E-state index in [1.807, 2.05) is 0 Å². The Labute approximate surface area is 91.8 Å². The minimum atomic E-state index is 1.10. The van der Waals surface area contributed by atoms with E-state index in [1.165, 1.54) is 59.2 Å². The fourth-order valence-corrected chi connectivity index (χ4v) is 8.26. The number of rotatable bonds is 0. The lowest BCUT2D eigenvalue weighted by atomic mass is 9.68. The summed E-state index contributed by atoms with van der Waals surface area (Å²) in [5, 5.41) is 0. The van der Waals surface area contributed by atoms with E-state index in [0.717, 1.165) is 5.92 Å². The first-order valence-corrected chi connectivity index (χ1v) is 7.36. The van der Waals surface area contributed by atoms with Crippen LogP contribution in [-0.4, -0.2) is 0 Å². The smallest absolute Gasteiger partial charge is 0.0315 e. The van der Waals surface area contributed by atoms with Crippen LogP contribution in [0, 0.1) is 65.1 Å². The van der Waals surface area contributed by atoms with Gasteiger partial charge in [0, 0.05) is 0 Å². The Bertz CT molecular complexity index is 372. The molecule has 11 unspecified atom stereocenters. The van der Waals surface area contributed by atoms with Crippen molar-refractivity contribution in [2.75, 3.05) is 0 Å². The van der Waals surface area contributed by atoms with Gasteiger partial charge in [-0.1, -0.05) is 6.92 Å². The van der Waals surface area contributed by atoms with Gasteiger partial charge in [-0.15, -0.1) is 0 Å². The van der Waals surface area contributed by atoms with Gasteiger partial charge in [0.15, 0.2) is 0 Å². The van der Waals surface area contributed by atoms with Crippen molar-refractivity contribution >= 4 is 0 Å². The van der Waals surface area contributed by atoms with E-state index in [-0.39, 0.29) is 0 Å². The molecule has 7 rings (SSSR count). The molecule has 0 spiro atoms. The Morgan fingerprint density at radius 1 is 0.600 bits per heavy atom. The van der Waals surface area contributed by atoms with Crippen LogP contribution in [-0.2, 0) is 0 Å². The number of fused-ring (bicyclic) bond motifs is 5. The molecule has 7 aliphatic rings. The van der Waals surface area contributed by atoms with Crippen molar-refractivity contribution in [3.05, 3.63) is 0 Å². The summed E-state index contributed by atoms with van der Waals surface area (Å²) < 4.78 is 0. The summed E-state index contributed by atoms with van der Waals surface area (Å²) >= 11 is 0. The van der Waals surface area contributed by atoms with Crippen molar-refractivity contribution in [3.8, 4) is 0 Å². The van der Waals surface area contributed by atoms with E-state index in [9.17, 15) is 0 Å². The molecule has 8 bridgehead atoms. The average Bonchev–Trinajstić information content (AvgIpc) is 2.74. The van der Waals surface area contributed by atoms with Crippen LogP contribution in [0.25, 0.3) is 0 Å². The Kier molecular flexibility index (Phi) is 0.895. The average molecular weight is 200 g/mol. The maximum atomic E-state index is 2.56. The van der Waals surface area contributed by atoms with Gasteiger partial charge in [0.2, 0.25) is 0 Å². The lowest BCUT2D eigenvalue weighted by molar-refractivity contribution is 0.106. The molecule has 0 N–H and O–H groups in total. The lowest BCUT2D eigenvalue weighted by Gasteiger charge is -2.37. The predicted molar refractivity (Wildman–Crippen MR) is 57.9 cm³/mol. The van der Waals surface area contributed by atoms with Crippen LogP contribution in [0.3, 0.4) is 0 Å². The minimum absolute atomic E-state index is 1.10. The molecular weight excluding hydrogens is 180 g/mol. The summed E-state index contributed by atoms with van der Waals surface area (Å²) in [5.74, 6) is 13.7. The van der Waals surface area contributed by atoms with Crippen molar-refractivity contribution in [2.24, 2.45) is 65.1 Å². The SMILES string of the molecule is CC1CC2CC1C1C2C2C3CC4C2C4C31. The van der Waals surface area contributed by atoms with E-state index in [4.69, 9.17) is 0 Å². The molecule has 0 saturated heterocycles. The van der Waals surface area contributed by atoms with E-state index >= 15 is 0 Å². The molecule has 0 amide bonds. The monoisotopic (exact) mass is 200 g/mol. The normalized spacial score (nSPS) is 84.2. The van der Waals surface area contributed by atoms with Gasteiger partial charge in [0.05, 0.1) is 0 Å². The first kappa shape index (κ1) is 7.35. The van der Waals surface area contributed by atoms with Crippen molar-refractivity contribution in [1.29, 1.82) is 0 Å². The van der Waals surface area contributed by atoms with Gasteiger partial charge in [-0.2, -0.15) is 0 Å².